The highest BCUT2D eigenvalue weighted by Crippen LogP contribution is 2.43. The first kappa shape index (κ1) is 21.4. The maximum absolute atomic E-state index is 13.5. The highest BCUT2D eigenvalue weighted by molar-refractivity contribution is 7.97. The van der Waals surface area contributed by atoms with Gasteiger partial charge in [0.05, 0.1) is 5.69 Å². The summed E-state index contributed by atoms with van der Waals surface area (Å²) in [4.78, 5) is 13.1. The van der Waals surface area contributed by atoms with Gasteiger partial charge in [0, 0.05) is 33.9 Å². The van der Waals surface area contributed by atoms with E-state index < -0.39 is 15.9 Å². The van der Waals surface area contributed by atoms with Gasteiger partial charge in [-0.25, -0.2) is 8.42 Å². The van der Waals surface area contributed by atoms with Gasteiger partial charge in [0.25, 0.3) is 15.9 Å². The van der Waals surface area contributed by atoms with Crippen LogP contribution in [0.5, 0.6) is 0 Å². The van der Waals surface area contributed by atoms with Gasteiger partial charge in [0.15, 0.2) is 4.91 Å². The Morgan fingerprint density at radius 2 is 1.68 bits per heavy atom. The minimum atomic E-state index is -4.14. The second-order valence-corrected chi connectivity index (χ2v) is 9.82. The van der Waals surface area contributed by atoms with Crippen LogP contribution in [-0.2, 0) is 14.8 Å². The number of hydrogen-bond donors (Lipinski definition) is 1. The molecule has 1 amide bonds. The quantitative estimate of drug-likeness (QED) is 0.548. The van der Waals surface area contributed by atoms with E-state index in [1.165, 1.54) is 7.05 Å². The number of benzene rings is 3. The lowest BCUT2D eigenvalue weighted by molar-refractivity contribution is -0.112. The summed E-state index contributed by atoms with van der Waals surface area (Å²) >= 11 is 12.4. The van der Waals surface area contributed by atoms with E-state index in [1.807, 2.05) is 6.07 Å². The number of carbonyl (C=O) groups is 1. The van der Waals surface area contributed by atoms with Crippen LogP contribution in [0.3, 0.4) is 0 Å². The van der Waals surface area contributed by atoms with Crippen LogP contribution in [0.4, 0.5) is 11.4 Å². The minimum Gasteiger partial charge on any atom is -0.321 e. The van der Waals surface area contributed by atoms with E-state index >= 15 is 0 Å². The largest absolute Gasteiger partial charge is 0.321 e. The maximum Gasteiger partial charge on any atom is 0.270 e. The number of amides is 1. The third-order valence-electron chi connectivity index (χ3n) is 5.20. The first-order valence-electron chi connectivity index (χ1n) is 9.37. The number of nitrogens with one attached hydrogen (secondary N) is 1. The van der Waals surface area contributed by atoms with Crippen molar-refractivity contribution in [2.45, 2.75) is 6.92 Å². The van der Waals surface area contributed by atoms with Crippen molar-refractivity contribution in [2.24, 2.45) is 0 Å². The van der Waals surface area contributed by atoms with Crippen LogP contribution in [0, 0.1) is 6.92 Å². The fourth-order valence-corrected chi connectivity index (χ4v) is 5.35. The lowest BCUT2D eigenvalue weighted by Gasteiger charge is -2.31. The van der Waals surface area contributed by atoms with Crippen LogP contribution in [0.15, 0.2) is 71.6 Å². The molecular weight excluding hydrogens is 455 g/mol. The first-order valence-corrected chi connectivity index (χ1v) is 11.6. The van der Waals surface area contributed by atoms with Crippen molar-refractivity contribution >= 4 is 56.1 Å². The molecule has 1 heterocycles. The summed E-state index contributed by atoms with van der Waals surface area (Å²) in [5.41, 5.74) is 2.98. The Morgan fingerprint density at radius 1 is 0.968 bits per heavy atom. The standard InChI is InChI=1S/C23H18Cl2N2O3S/c1-14-18(25)9-6-10-19(14)26-23(28)22-21(15-7-4-3-5-8-15)17-13-16(24)11-12-20(17)27(2)31(22,29)30/h3-13H,1-2H3,(H,26,28). The average molecular weight is 473 g/mol. The number of fused-ring (bicyclic) bond motifs is 1. The van der Waals surface area contributed by atoms with Gasteiger partial charge in [-0.15, -0.1) is 0 Å². The van der Waals surface area contributed by atoms with Crippen LogP contribution in [-0.4, -0.2) is 21.4 Å². The predicted molar refractivity (Wildman–Crippen MR) is 126 cm³/mol. The summed E-state index contributed by atoms with van der Waals surface area (Å²) in [6.45, 7) is 1.75. The van der Waals surface area contributed by atoms with Crippen molar-refractivity contribution in [3.8, 4) is 0 Å². The molecule has 0 spiro atoms. The number of carbonyl (C=O) groups excluding carboxylic acids is 1. The van der Waals surface area contributed by atoms with Gasteiger partial charge < -0.3 is 5.32 Å². The van der Waals surface area contributed by atoms with Gasteiger partial charge in [-0.05, 0) is 48.4 Å². The lowest BCUT2D eigenvalue weighted by Crippen LogP contribution is -2.37. The molecular formula is C23H18Cl2N2O3S. The smallest absolute Gasteiger partial charge is 0.270 e. The Morgan fingerprint density at radius 3 is 2.39 bits per heavy atom. The summed E-state index contributed by atoms with van der Waals surface area (Å²) in [5.74, 6) is -0.748. The van der Waals surface area contributed by atoms with Crippen molar-refractivity contribution in [1.82, 2.24) is 0 Å². The highest BCUT2D eigenvalue weighted by Gasteiger charge is 2.39. The van der Waals surface area contributed by atoms with E-state index in [2.05, 4.69) is 5.32 Å². The SMILES string of the molecule is Cc1c(Cl)cccc1NC(=O)C1=C(c2ccccc2)c2cc(Cl)ccc2N(C)S1(=O)=O. The molecule has 0 saturated carbocycles. The van der Waals surface area contributed by atoms with Gasteiger partial charge in [-0.1, -0.05) is 59.6 Å². The van der Waals surface area contributed by atoms with E-state index in [-0.39, 0.29) is 4.91 Å². The fourth-order valence-electron chi connectivity index (χ4n) is 3.54. The zero-order chi connectivity index (χ0) is 22.3. The van der Waals surface area contributed by atoms with Gasteiger partial charge in [0.2, 0.25) is 0 Å². The predicted octanol–water partition coefficient (Wildman–Crippen LogP) is 5.48. The molecule has 8 heteroatoms. The molecule has 0 aromatic heterocycles. The summed E-state index contributed by atoms with van der Waals surface area (Å²) in [6, 6.07) is 18.9. The van der Waals surface area contributed by atoms with Crippen LogP contribution in [0.25, 0.3) is 5.57 Å². The third kappa shape index (κ3) is 3.71. The Bertz CT molecular complexity index is 1340. The molecule has 0 fully saturated rings. The molecule has 1 aliphatic heterocycles. The molecule has 0 saturated heterocycles. The molecule has 0 atom stereocenters. The molecule has 1 N–H and O–H groups in total. The van der Waals surface area contributed by atoms with Crippen molar-refractivity contribution < 1.29 is 13.2 Å². The normalized spacial score (nSPS) is 14.9. The van der Waals surface area contributed by atoms with E-state index in [9.17, 15) is 13.2 Å². The zero-order valence-electron chi connectivity index (χ0n) is 16.7. The monoisotopic (exact) mass is 472 g/mol. The van der Waals surface area contributed by atoms with Crippen LogP contribution in [0.1, 0.15) is 16.7 Å². The number of hydrogen-bond acceptors (Lipinski definition) is 3. The first-order chi connectivity index (χ1) is 14.7. The summed E-state index contributed by atoms with van der Waals surface area (Å²) in [5, 5.41) is 3.63. The van der Waals surface area contributed by atoms with Gasteiger partial charge >= 0.3 is 0 Å². The third-order valence-corrected chi connectivity index (χ3v) is 7.67. The molecule has 0 radical (unpaired) electrons. The second kappa shape index (κ2) is 8.04. The molecule has 0 bridgehead atoms. The summed E-state index contributed by atoms with van der Waals surface area (Å²) in [6.07, 6.45) is 0. The summed E-state index contributed by atoms with van der Waals surface area (Å²) in [7, 11) is -2.72. The zero-order valence-corrected chi connectivity index (χ0v) is 19.0. The summed E-state index contributed by atoms with van der Waals surface area (Å²) < 4.78 is 28.1. The van der Waals surface area contributed by atoms with Gasteiger partial charge in [0.1, 0.15) is 0 Å². The van der Waals surface area contributed by atoms with Gasteiger partial charge in [-0.2, -0.15) is 0 Å². The molecule has 3 aromatic carbocycles. The Balaban J connectivity index is 2.00. The van der Waals surface area contributed by atoms with Crippen molar-refractivity contribution in [2.75, 3.05) is 16.7 Å². The lowest BCUT2D eigenvalue weighted by atomic mass is 9.95. The molecule has 3 aromatic rings. The molecule has 158 valence electrons. The van der Waals surface area contributed by atoms with Gasteiger partial charge in [-0.3, -0.25) is 9.10 Å². The Hall–Kier alpha value is -2.80. The van der Waals surface area contributed by atoms with Crippen LogP contribution < -0.4 is 9.62 Å². The van der Waals surface area contributed by atoms with E-state index in [0.29, 0.717) is 43.7 Å². The highest BCUT2D eigenvalue weighted by atomic mass is 35.5. The minimum absolute atomic E-state index is 0.299. The maximum atomic E-state index is 13.5. The molecule has 0 aliphatic carbocycles. The molecule has 0 unspecified atom stereocenters. The number of nitrogens with zero attached hydrogens (tertiary/aromatic N) is 1. The van der Waals surface area contributed by atoms with Crippen molar-refractivity contribution in [3.05, 3.63) is 98.4 Å². The molecule has 31 heavy (non-hydrogen) atoms. The molecule has 1 aliphatic rings. The van der Waals surface area contributed by atoms with Crippen molar-refractivity contribution in [1.29, 1.82) is 0 Å². The molecule has 5 nitrogen and oxygen atoms in total. The van der Waals surface area contributed by atoms with E-state index in [4.69, 9.17) is 23.2 Å². The van der Waals surface area contributed by atoms with Crippen molar-refractivity contribution in [3.63, 3.8) is 0 Å². The number of rotatable bonds is 3. The topological polar surface area (TPSA) is 66.5 Å². The Kier molecular flexibility index (Phi) is 5.56. The average Bonchev–Trinajstić information content (AvgIpc) is 2.74. The number of anilines is 2. The fraction of sp³-hybridized carbons (Fsp3) is 0.0870. The second-order valence-electron chi connectivity index (χ2n) is 7.07. The number of halogens is 2. The van der Waals surface area contributed by atoms with Crippen LogP contribution in [0.2, 0.25) is 10.0 Å². The van der Waals surface area contributed by atoms with E-state index in [1.54, 1.807) is 67.6 Å². The van der Waals surface area contributed by atoms with E-state index in [0.717, 1.165) is 4.31 Å². The Labute approximate surface area is 191 Å². The number of sulfonamides is 1. The molecule has 4 rings (SSSR count). The van der Waals surface area contributed by atoms with Crippen LogP contribution >= 0.6 is 23.2 Å².